The van der Waals surface area contributed by atoms with Gasteiger partial charge in [-0.2, -0.15) is 13.2 Å². The van der Waals surface area contributed by atoms with Crippen LogP contribution in [0.1, 0.15) is 58.2 Å². The molecule has 9 heteroatoms. The van der Waals surface area contributed by atoms with Crippen LogP contribution in [0.4, 0.5) is 19.1 Å². The molecule has 184 valence electrons. The molecule has 1 atom stereocenters. The van der Waals surface area contributed by atoms with Crippen molar-refractivity contribution in [1.29, 1.82) is 0 Å². The zero-order valence-electron chi connectivity index (χ0n) is 19.8. The summed E-state index contributed by atoms with van der Waals surface area (Å²) in [6.07, 6.45) is -3.96. The van der Waals surface area contributed by atoms with Gasteiger partial charge in [0.1, 0.15) is 0 Å². The van der Waals surface area contributed by atoms with Crippen LogP contribution in [-0.2, 0) is 25.7 Å². The Balaban J connectivity index is 1.57. The molecule has 3 aromatic rings. The van der Waals surface area contributed by atoms with Crippen LogP contribution >= 0.6 is 0 Å². The van der Waals surface area contributed by atoms with E-state index in [1.165, 1.54) is 16.7 Å². The third-order valence-electron chi connectivity index (χ3n) is 6.30. The molecule has 1 unspecified atom stereocenters. The van der Waals surface area contributed by atoms with E-state index < -0.39 is 11.7 Å². The van der Waals surface area contributed by atoms with Gasteiger partial charge in [0, 0.05) is 25.1 Å². The predicted molar refractivity (Wildman–Crippen MR) is 127 cm³/mol. The summed E-state index contributed by atoms with van der Waals surface area (Å²) >= 11 is 0. The quantitative estimate of drug-likeness (QED) is 0.556. The molecule has 0 bridgehead atoms. The number of nitrogens with zero attached hydrogens (tertiary/aromatic N) is 3. The Morgan fingerprint density at radius 3 is 2.37 bits per heavy atom. The molecule has 4 rings (SSSR count). The molecule has 1 aliphatic rings. The minimum absolute atomic E-state index is 0.128. The summed E-state index contributed by atoms with van der Waals surface area (Å²) in [5, 5.41) is 3.18. The number of anilines is 1. The van der Waals surface area contributed by atoms with Gasteiger partial charge in [0.15, 0.2) is 0 Å². The summed E-state index contributed by atoms with van der Waals surface area (Å²) < 4.78 is 40.1. The lowest BCUT2D eigenvalue weighted by atomic mass is 10.0. The van der Waals surface area contributed by atoms with Gasteiger partial charge in [-0.1, -0.05) is 29.8 Å². The fourth-order valence-electron chi connectivity index (χ4n) is 4.21. The molecule has 35 heavy (non-hydrogen) atoms. The number of alkyl halides is 3. The largest absolute Gasteiger partial charge is 0.416 e. The maximum atomic E-state index is 13.3. The van der Waals surface area contributed by atoms with E-state index in [0.29, 0.717) is 47.8 Å². The molecular formula is C26H27F3N4O2. The molecule has 6 nitrogen and oxygen atoms in total. The smallest absolute Gasteiger partial charge is 0.349 e. The van der Waals surface area contributed by atoms with Crippen LogP contribution in [0, 0.1) is 6.92 Å². The highest BCUT2D eigenvalue weighted by Crippen LogP contribution is 2.30. The first-order valence-electron chi connectivity index (χ1n) is 11.5. The van der Waals surface area contributed by atoms with Gasteiger partial charge in [-0.05, 0) is 50.6 Å². The first-order valence-corrected chi connectivity index (χ1v) is 11.5. The molecule has 2 aromatic carbocycles. The van der Waals surface area contributed by atoms with E-state index in [1.54, 1.807) is 24.0 Å². The molecule has 1 aliphatic heterocycles. The van der Waals surface area contributed by atoms with Crippen LogP contribution in [0.5, 0.6) is 0 Å². The van der Waals surface area contributed by atoms with Crippen molar-refractivity contribution in [2.75, 3.05) is 11.9 Å². The highest BCUT2D eigenvalue weighted by Gasteiger charge is 2.30. The summed E-state index contributed by atoms with van der Waals surface area (Å²) in [6, 6.07) is 11.9. The van der Waals surface area contributed by atoms with Gasteiger partial charge in [0.05, 0.1) is 29.4 Å². The first-order chi connectivity index (χ1) is 16.6. The van der Waals surface area contributed by atoms with Gasteiger partial charge in [0.25, 0.3) is 11.5 Å². The number of carbonyl (C=O) groups is 1. The average molecular weight is 485 g/mol. The summed E-state index contributed by atoms with van der Waals surface area (Å²) in [5.41, 5.74) is 2.47. The number of benzene rings is 2. The van der Waals surface area contributed by atoms with Crippen molar-refractivity contribution < 1.29 is 18.0 Å². The number of carbonyl (C=O) groups excluding carboxylic acids is 1. The first kappa shape index (κ1) is 24.5. The summed E-state index contributed by atoms with van der Waals surface area (Å²) in [4.78, 5) is 32.6. The molecule has 0 saturated carbocycles. The molecule has 2 heterocycles. The Kier molecular flexibility index (Phi) is 6.69. The minimum atomic E-state index is -4.40. The van der Waals surface area contributed by atoms with Crippen molar-refractivity contribution in [3.8, 4) is 0 Å². The molecule has 1 aromatic heterocycles. The maximum absolute atomic E-state index is 13.3. The summed E-state index contributed by atoms with van der Waals surface area (Å²) in [6.45, 7) is 6.55. The number of amides is 1. The second-order valence-electron chi connectivity index (χ2n) is 8.74. The van der Waals surface area contributed by atoms with Crippen molar-refractivity contribution in [2.45, 2.75) is 52.5 Å². The van der Waals surface area contributed by atoms with Crippen LogP contribution in [0.25, 0.3) is 0 Å². The zero-order valence-corrected chi connectivity index (χ0v) is 19.8. The van der Waals surface area contributed by atoms with Gasteiger partial charge < -0.3 is 10.2 Å². The number of hydrogen-bond acceptors (Lipinski definition) is 4. The van der Waals surface area contributed by atoms with Gasteiger partial charge in [-0.3, -0.25) is 14.2 Å². The number of aromatic nitrogens is 2. The normalized spacial score (nSPS) is 14.4. The fraction of sp³-hybridized carbons (Fsp3) is 0.346. The van der Waals surface area contributed by atoms with Crippen LogP contribution in [0.15, 0.2) is 53.3 Å². The van der Waals surface area contributed by atoms with Gasteiger partial charge in [-0.15, -0.1) is 0 Å². The van der Waals surface area contributed by atoms with E-state index in [1.807, 2.05) is 26.0 Å². The number of hydrogen-bond donors (Lipinski definition) is 1. The van der Waals surface area contributed by atoms with E-state index in [0.717, 1.165) is 17.7 Å². The van der Waals surface area contributed by atoms with Crippen LogP contribution in [0.3, 0.4) is 0 Å². The number of halogens is 3. The second-order valence-corrected chi connectivity index (χ2v) is 8.74. The number of rotatable bonds is 5. The fourth-order valence-corrected chi connectivity index (χ4v) is 4.21. The van der Waals surface area contributed by atoms with Crippen molar-refractivity contribution in [1.82, 2.24) is 14.5 Å². The maximum Gasteiger partial charge on any atom is 0.416 e. The SMILES string of the molecule is CCn1c(NC(C)c2ccc(C(F)(F)F)cc2)nc2c(c1=O)CN(C(=O)c1ccc(C)cc1)CC2. The van der Waals surface area contributed by atoms with Crippen molar-refractivity contribution in [2.24, 2.45) is 0 Å². The standard InChI is InChI=1S/C26H27F3N4O2/c1-4-33-24(35)21-15-32(23(34)19-7-5-16(2)6-8-19)14-13-22(21)31-25(33)30-17(3)18-9-11-20(12-10-18)26(27,28)29/h5-12,17H,4,13-15H2,1-3H3,(H,30,31). The van der Waals surface area contributed by atoms with E-state index in [4.69, 9.17) is 0 Å². The predicted octanol–water partition coefficient (Wildman–Crippen LogP) is 4.96. The van der Waals surface area contributed by atoms with E-state index in [9.17, 15) is 22.8 Å². The van der Waals surface area contributed by atoms with Gasteiger partial charge >= 0.3 is 6.18 Å². The molecule has 0 aliphatic carbocycles. The second kappa shape index (κ2) is 9.56. The molecule has 0 spiro atoms. The summed E-state index contributed by atoms with van der Waals surface area (Å²) in [7, 11) is 0. The third kappa shape index (κ3) is 5.08. The number of nitrogens with one attached hydrogen (secondary N) is 1. The van der Waals surface area contributed by atoms with E-state index in [-0.39, 0.29) is 24.1 Å². The van der Waals surface area contributed by atoms with E-state index >= 15 is 0 Å². The van der Waals surface area contributed by atoms with Crippen molar-refractivity contribution >= 4 is 11.9 Å². The topological polar surface area (TPSA) is 67.2 Å². The molecule has 0 fully saturated rings. The molecule has 0 radical (unpaired) electrons. The number of aryl methyl sites for hydroxylation is 1. The van der Waals surface area contributed by atoms with E-state index in [2.05, 4.69) is 10.3 Å². The molecule has 0 saturated heterocycles. The Bertz CT molecular complexity index is 1280. The average Bonchev–Trinajstić information content (AvgIpc) is 2.83. The monoisotopic (exact) mass is 484 g/mol. The zero-order chi connectivity index (χ0) is 25.3. The van der Waals surface area contributed by atoms with Crippen molar-refractivity contribution in [3.63, 3.8) is 0 Å². The number of fused-ring (bicyclic) bond motifs is 1. The Morgan fingerprint density at radius 2 is 1.77 bits per heavy atom. The highest BCUT2D eigenvalue weighted by atomic mass is 19.4. The molecule has 1 amide bonds. The molecule has 1 N–H and O–H groups in total. The van der Waals surface area contributed by atoms with Crippen LogP contribution < -0.4 is 10.9 Å². The Labute approximate surface area is 201 Å². The Morgan fingerprint density at radius 1 is 1.11 bits per heavy atom. The van der Waals surface area contributed by atoms with Gasteiger partial charge in [-0.25, -0.2) is 4.98 Å². The lowest BCUT2D eigenvalue weighted by Gasteiger charge is -2.29. The van der Waals surface area contributed by atoms with Crippen molar-refractivity contribution in [3.05, 3.63) is 92.4 Å². The van der Waals surface area contributed by atoms with Gasteiger partial charge in [0.2, 0.25) is 5.95 Å². The Hall–Kier alpha value is -3.62. The minimum Gasteiger partial charge on any atom is -0.349 e. The lowest BCUT2D eigenvalue weighted by Crippen LogP contribution is -2.41. The summed E-state index contributed by atoms with van der Waals surface area (Å²) in [5.74, 6) is 0.234. The van der Waals surface area contributed by atoms with Crippen LogP contribution in [0.2, 0.25) is 0 Å². The third-order valence-corrected chi connectivity index (χ3v) is 6.30. The van der Waals surface area contributed by atoms with Crippen LogP contribution in [-0.4, -0.2) is 26.9 Å². The molecular weight excluding hydrogens is 457 g/mol. The lowest BCUT2D eigenvalue weighted by molar-refractivity contribution is -0.137. The highest BCUT2D eigenvalue weighted by molar-refractivity contribution is 5.94.